The molecule has 5 nitrogen and oxygen atoms in total. The van der Waals surface area contributed by atoms with Crippen LogP contribution in [0.25, 0.3) is 10.9 Å². The zero-order chi connectivity index (χ0) is 18.8. The van der Waals surface area contributed by atoms with Crippen LogP contribution in [0.1, 0.15) is 38.2 Å². The van der Waals surface area contributed by atoms with E-state index >= 15 is 0 Å². The summed E-state index contributed by atoms with van der Waals surface area (Å²) in [6, 6.07) is 8.76. The molecule has 1 aliphatic heterocycles. The standard InChI is InChI=1S/C21H27ClN4O/c1-15(27)25-8-10-26(11-9-25)21-17(14-23-19-4-2-3-5-19)12-16-6-7-18(22)13-20(16)24-21/h6-7,12-13,19,23H,2-5,8-11,14H2,1H3. The number of hydrogen-bond donors (Lipinski definition) is 1. The van der Waals surface area contributed by atoms with Gasteiger partial charge in [0.05, 0.1) is 5.52 Å². The van der Waals surface area contributed by atoms with E-state index in [9.17, 15) is 4.79 Å². The zero-order valence-corrected chi connectivity index (χ0v) is 16.6. The van der Waals surface area contributed by atoms with Gasteiger partial charge in [-0.1, -0.05) is 30.5 Å². The van der Waals surface area contributed by atoms with E-state index in [0.717, 1.165) is 49.4 Å². The highest BCUT2D eigenvalue weighted by Gasteiger charge is 2.23. The molecule has 1 saturated carbocycles. The van der Waals surface area contributed by atoms with E-state index in [1.54, 1.807) is 6.92 Å². The first-order valence-corrected chi connectivity index (χ1v) is 10.3. The van der Waals surface area contributed by atoms with Crippen LogP contribution in [0, 0.1) is 0 Å². The van der Waals surface area contributed by atoms with E-state index in [-0.39, 0.29) is 5.91 Å². The molecule has 1 saturated heterocycles. The Labute approximate surface area is 165 Å². The number of anilines is 1. The Balaban J connectivity index is 1.61. The molecule has 6 heteroatoms. The molecule has 144 valence electrons. The number of fused-ring (bicyclic) bond motifs is 1. The van der Waals surface area contributed by atoms with Crippen LogP contribution >= 0.6 is 11.6 Å². The van der Waals surface area contributed by atoms with Crippen molar-refractivity contribution in [2.75, 3.05) is 31.1 Å². The van der Waals surface area contributed by atoms with Crippen molar-refractivity contribution in [3.63, 3.8) is 0 Å². The van der Waals surface area contributed by atoms with Crippen LogP contribution < -0.4 is 10.2 Å². The number of carbonyl (C=O) groups is 1. The number of pyridine rings is 1. The topological polar surface area (TPSA) is 48.5 Å². The normalized spacial score (nSPS) is 18.4. The number of piperazine rings is 1. The minimum Gasteiger partial charge on any atom is -0.353 e. The van der Waals surface area contributed by atoms with Crippen molar-refractivity contribution in [2.45, 2.75) is 45.2 Å². The predicted octanol–water partition coefficient (Wildman–Crippen LogP) is 3.59. The van der Waals surface area contributed by atoms with Gasteiger partial charge in [-0.2, -0.15) is 0 Å². The van der Waals surface area contributed by atoms with Crippen LogP contribution in [0.2, 0.25) is 5.02 Å². The van der Waals surface area contributed by atoms with Crippen molar-refractivity contribution in [1.82, 2.24) is 15.2 Å². The highest BCUT2D eigenvalue weighted by Crippen LogP contribution is 2.27. The summed E-state index contributed by atoms with van der Waals surface area (Å²) in [5, 5.41) is 5.55. The lowest BCUT2D eigenvalue weighted by Gasteiger charge is -2.36. The Hall–Kier alpha value is -1.85. The summed E-state index contributed by atoms with van der Waals surface area (Å²) in [4.78, 5) is 20.8. The molecule has 4 rings (SSSR count). The Bertz CT molecular complexity index is 826. The van der Waals surface area contributed by atoms with E-state index in [1.165, 1.54) is 31.2 Å². The minimum absolute atomic E-state index is 0.149. The number of carbonyl (C=O) groups excluding carboxylic acids is 1. The molecule has 1 N–H and O–H groups in total. The van der Waals surface area contributed by atoms with Gasteiger partial charge < -0.3 is 15.1 Å². The van der Waals surface area contributed by atoms with Crippen LogP contribution in [0.3, 0.4) is 0 Å². The second kappa shape index (κ2) is 8.03. The van der Waals surface area contributed by atoms with Crippen LogP contribution in [-0.2, 0) is 11.3 Å². The van der Waals surface area contributed by atoms with E-state index in [0.29, 0.717) is 11.1 Å². The Morgan fingerprint density at radius 2 is 1.93 bits per heavy atom. The molecule has 2 aliphatic rings. The van der Waals surface area contributed by atoms with Gasteiger partial charge in [-0.3, -0.25) is 4.79 Å². The summed E-state index contributed by atoms with van der Waals surface area (Å²) in [6.45, 7) is 5.60. The summed E-state index contributed by atoms with van der Waals surface area (Å²) < 4.78 is 0. The smallest absolute Gasteiger partial charge is 0.219 e. The maximum atomic E-state index is 11.6. The number of benzene rings is 1. The summed E-state index contributed by atoms with van der Waals surface area (Å²) >= 11 is 6.19. The van der Waals surface area contributed by atoms with Gasteiger partial charge >= 0.3 is 0 Å². The van der Waals surface area contributed by atoms with Gasteiger partial charge in [0.1, 0.15) is 5.82 Å². The van der Waals surface area contributed by atoms with E-state index in [4.69, 9.17) is 16.6 Å². The maximum Gasteiger partial charge on any atom is 0.219 e. The minimum atomic E-state index is 0.149. The molecular weight excluding hydrogens is 360 g/mol. The molecular formula is C21H27ClN4O. The lowest BCUT2D eigenvalue weighted by atomic mass is 10.1. The van der Waals surface area contributed by atoms with Crippen molar-refractivity contribution in [3.8, 4) is 0 Å². The highest BCUT2D eigenvalue weighted by molar-refractivity contribution is 6.31. The number of aromatic nitrogens is 1. The number of hydrogen-bond acceptors (Lipinski definition) is 4. The molecule has 0 bridgehead atoms. The summed E-state index contributed by atoms with van der Waals surface area (Å²) in [5.74, 6) is 1.18. The molecule has 27 heavy (non-hydrogen) atoms. The van der Waals surface area contributed by atoms with E-state index in [1.807, 2.05) is 23.1 Å². The molecule has 1 aromatic heterocycles. The van der Waals surface area contributed by atoms with Gasteiger partial charge in [0.15, 0.2) is 0 Å². The maximum absolute atomic E-state index is 11.6. The lowest BCUT2D eigenvalue weighted by Crippen LogP contribution is -2.48. The Kier molecular flexibility index (Phi) is 5.50. The number of nitrogens with zero attached hydrogens (tertiary/aromatic N) is 3. The second-order valence-corrected chi connectivity index (χ2v) is 8.10. The van der Waals surface area contributed by atoms with Crippen LogP contribution in [0.4, 0.5) is 5.82 Å². The van der Waals surface area contributed by atoms with Crippen molar-refractivity contribution in [1.29, 1.82) is 0 Å². The zero-order valence-electron chi connectivity index (χ0n) is 15.9. The van der Waals surface area contributed by atoms with Gasteiger partial charge in [0.2, 0.25) is 5.91 Å². The van der Waals surface area contributed by atoms with Crippen molar-refractivity contribution in [2.24, 2.45) is 0 Å². The van der Waals surface area contributed by atoms with Crippen LogP contribution in [0.15, 0.2) is 24.3 Å². The third-order valence-electron chi connectivity index (χ3n) is 5.80. The van der Waals surface area contributed by atoms with Crippen molar-refractivity contribution in [3.05, 3.63) is 34.9 Å². The van der Waals surface area contributed by atoms with E-state index in [2.05, 4.69) is 16.3 Å². The molecule has 0 atom stereocenters. The summed E-state index contributed by atoms with van der Waals surface area (Å²) in [5.41, 5.74) is 2.16. The third kappa shape index (κ3) is 4.19. The fourth-order valence-electron chi connectivity index (χ4n) is 4.20. The van der Waals surface area contributed by atoms with E-state index < -0.39 is 0 Å². The predicted molar refractivity (Wildman–Crippen MR) is 110 cm³/mol. The third-order valence-corrected chi connectivity index (χ3v) is 6.03. The average Bonchev–Trinajstić information content (AvgIpc) is 3.19. The first-order chi connectivity index (χ1) is 13.1. The first-order valence-electron chi connectivity index (χ1n) is 9.93. The number of halogens is 1. The summed E-state index contributed by atoms with van der Waals surface area (Å²) in [6.07, 6.45) is 5.18. The Morgan fingerprint density at radius 3 is 2.63 bits per heavy atom. The number of amides is 1. The first kappa shape index (κ1) is 18.5. The molecule has 2 fully saturated rings. The van der Waals surface area contributed by atoms with Crippen LogP contribution in [0.5, 0.6) is 0 Å². The molecule has 0 radical (unpaired) electrons. The van der Waals surface area contributed by atoms with Crippen molar-refractivity contribution < 1.29 is 4.79 Å². The van der Waals surface area contributed by atoms with Gasteiger partial charge in [-0.15, -0.1) is 0 Å². The fraction of sp³-hybridized carbons (Fsp3) is 0.524. The SMILES string of the molecule is CC(=O)N1CCN(c2nc3cc(Cl)ccc3cc2CNC2CCCC2)CC1. The molecule has 0 unspecified atom stereocenters. The van der Waals surface area contributed by atoms with Gasteiger partial charge in [0.25, 0.3) is 0 Å². The van der Waals surface area contributed by atoms with Gasteiger partial charge in [0, 0.05) is 61.7 Å². The van der Waals surface area contributed by atoms with Crippen molar-refractivity contribution >= 4 is 34.2 Å². The molecule has 2 aromatic rings. The fourth-order valence-corrected chi connectivity index (χ4v) is 4.36. The molecule has 1 amide bonds. The quantitative estimate of drug-likeness (QED) is 0.872. The molecule has 2 heterocycles. The number of nitrogens with one attached hydrogen (secondary N) is 1. The molecule has 0 spiro atoms. The lowest BCUT2D eigenvalue weighted by molar-refractivity contribution is -0.129. The number of rotatable bonds is 4. The monoisotopic (exact) mass is 386 g/mol. The second-order valence-electron chi connectivity index (χ2n) is 7.66. The highest BCUT2D eigenvalue weighted by atomic mass is 35.5. The van der Waals surface area contributed by atoms with Gasteiger partial charge in [-0.05, 0) is 31.0 Å². The van der Waals surface area contributed by atoms with Crippen LogP contribution in [-0.4, -0.2) is 48.0 Å². The summed E-state index contributed by atoms with van der Waals surface area (Å²) in [7, 11) is 0. The van der Waals surface area contributed by atoms with Gasteiger partial charge in [-0.25, -0.2) is 4.98 Å². The largest absolute Gasteiger partial charge is 0.353 e. The molecule has 1 aromatic carbocycles. The molecule has 1 aliphatic carbocycles. The average molecular weight is 387 g/mol. The Morgan fingerprint density at radius 1 is 1.19 bits per heavy atom.